The standard InChI is InChI=1S/C11H18ClN3O4/c1-11(18,7-16)6-13-8-5-14-15(3-4-19-2)10(17)9(8)12/h5,13,16,18H,3-4,6-7H2,1-2H3. The first kappa shape index (κ1) is 15.9. The van der Waals surface area contributed by atoms with E-state index >= 15 is 0 Å². The van der Waals surface area contributed by atoms with E-state index in [0.717, 1.165) is 0 Å². The number of hydrogen-bond donors (Lipinski definition) is 3. The van der Waals surface area contributed by atoms with E-state index in [0.29, 0.717) is 18.8 Å². The molecular formula is C11H18ClN3O4. The molecule has 0 amide bonds. The third-order valence-electron chi connectivity index (χ3n) is 2.49. The molecule has 1 aromatic rings. The first-order valence-electron chi connectivity index (χ1n) is 5.73. The maximum Gasteiger partial charge on any atom is 0.287 e. The van der Waals surface area contributed by atoms with Gasteiger partial charge in [-0.25, -0.2) is 4.68 Å². The molecule has 0 aliphatic carbocycles. The Morgan fingerprint density at radius 1 is 1.63 bits per heavy atom. The second kappa shape index (κ2) is 6.85. The molecule has 0 aliphatic rings. The van der Waals surface area contributed by atoms with Crippen LogP contribution >= 0.6 is 11.6 Å². The van der Waals surface area contributed by atoms with Crippen LogP contribution in [0.3, 0.4) is 0 Å². The molecule has 1 atom stereocenters. The molecule has 0 saturated carbocycles. The molecule has 0 aromatic carbocycles. The topological polar surface area (TPSA) is 96.6 Å². The van der Waals surface area contributed by atoms with Gasteiger partial charge in [-0.1, -0.05) is 11.6 Å². The number of hydrogen-bond acceptors (Lipinski definition) is 6. The molecule has 19 heavy (non-hydrogen) atoms. The van der Waals surface area contributed by atoms with Crippen LogP contribution in [0.5, 0.6) is 0 Å². The molecule has 1 rings (SSSR count). The van der Waals surface area contributed by atoms with E-state index in [1.54, 1.807) is 0 Å². The molecule has 1 aromatic heterocycles. The van der Waals surface area contributed by atoms with Crippen molar-refractivity contribution in [2.75, 3.05) is 32.2 Å². The van der Waals surface area contributed by atoms with Crippen LogP contribution in [0, 0.1) is 0 Å². The second-order valence-corrected chi connectivity index (χ2v) is 4.78. The predicted octanol–water partition coefficient (Wildman–Crippen LogP) is -0.302. The van der Waals surface area contributed by atoms with Crippen molar-refractivity contribution in [1.29, 1.82) is 0 Å². The lowest BCUT2D eigenvalue weighted by Gasteiger charge is -2.21. The first-order valence-corrected chi connectivity index (χ1v) is 6.11. The van der Waals surface area contributed by atoms with Crippen molar-refractivity contribution in [3.63, 3.8) is 0 Å². The van der Waals surface area contributed by atoms with Crippen molar-refractivity contribution in [2.45, 2.75) is 19.1 Å². The van der Waals surface area contributed by atoms with Crippen molar-refractivity contribution in [3.05, 3.63) is 21.6 Å². The van der Waals surface area contributed by atoms with Gasteiger partial charge in [0.25, 0.3) is 5.56 Å². The van der Waals surface area contributed by atoms with Gasteiger partial charge in [-0.05, 0) is 6.92 Å². The summed E-state index contributed by atoms with van der Waals surface area (Å²) < 4.78 is 6.05. The highest BCUT2D eigenvalue weighted by atomic mass is 35.5. The van der Waals surface area contributed by atoms with Gasteiger partial charge in [0.1, 0.15) is 10.6 Å². The molecule has 108 valence electrons. The van der Waals surface area contributed by atoms with E-state index in [2.05, 4.69) is 10.4 Å². The highest BCUT2D eigenvalue weighted by Crippen LogP contribution is 2.16. The van der Waals surface area contributed by atoms with Gasteiger partial charge >= 0.3 is 0 Å². The van der Waals surface area contributed by atoms with E-state index < -0.39 is 17.8 Å². The van der Waals surface area contributed by atoms with Gasteiger partial charge in [0.05, 0.1) is 31.6 Å². The summed E-state index contributed by atoms with van der Waals surface area (Å²) in [4.78, 5) is 11.9. The van der Waals surface area contributed by atoms with Crippen LogP contribution in [0.4, 0.5) is 5.69 Å². The maximum absolute atomic E-state index is 11.9. The molecule has 0 aliphatic heterocycles. The summed E-state index contributed by atoms with van der Waals surface area (Å²) in [5.74, 6) is 0. The van der Waals surface area contributed by atoms with E-state index in [1.807, 2.05) is 0 Å². The van der Waals surface area contributed by atoms with Gasteiger partial charge in [-0.3, -0.25) is 4.79 Å². The zero-order valence-electron chi connectivity index (χ0n) is 10.9. The first-order chi connectivity index (χ1) is 8.91. The summed E-state index contributed by atoms with van der Waals surface area (Å²) in [6.45, 7) is 1.77. The Hall–Kier alpha value is -1.15. The zero-order valence-corrected chi connectivity index (χ0v) is 11.6. The van der Waals surface area contributed by atoms with Crippen LogP contribution in [-0.4, -0.2) is 52.5 Å². The maximum atomic E-state index is 11.9. The quantitative estimate of drug-likeness (QED) is 0.638. The molecule has 0 saturated heterocycles. The summed E-state index contributed by atoms with van der Waals surface area (Å²) in [7, 11) is 1.53. The normalized spacial score (nSPS) is 14.2. The van der Waals surface area contributed by atoms with Gasteiger partial charge in [-0.2, -0.15) is 5.10 Å². The number of aliphatic hydroxyl groups excluding tert-OH is 1. The smallest absolute Gasteiger partial charge is 0.287 e. The van der Waals surface area contributed by atoms with Crippen LogP contribution in [0.1, 0.15) is 6.92 Å². The fourth-order valence-corrected chi connectivity index (χ4v) is 1.48. The third-order valence-corrected chi connectivity index (χ3v) is 2.86. The number of methoxy groups -OCH3 is 1. The van der Waals surface area contributed by atoms with E-state index in [4.69, 9.17) is 21.4 Å². The minimum Gasteiger partial charge on any atom is -0.393 e. The van der Waals surface area contributed by atoms with Crippen LogP contribution in [0.15, 0.2) is 11.0 Å². The number of aromatic nitrogens is 2. The Morgan fingerprint density at radius 2 is 2.32 bits per heavy atom. The molecule has 0 spiro atoms. The summed E-state index contributed by atoms with van der Waals surface area (Å²) in [6.07, 6.45) is 1.40. The van der Waals surface area contributed by atoms with Crippen molar-refractivity contribution in [2.24, 2.45) is 0 Å². The summed E-state index contributed by atoms with van der Waals surface area (Å²) in [6, 6.07) is 0. The minimum absolute atomic E-state index is 0.0140. The van der Waals surface area contributed by atoms with Crippen molar-refractivity contribution >= 4 is 17.3 Å². The average Bonchev–Trinajstić information content (AvgIpc) is 2.39. The van der Waals surface area contributed by atoms with Gasteiger partial charge < -0.3 is 20.3 Å². The largest absolute Gasteiger partial charge is 0.393 e. The van der Waals surface area contributed by atoms with Crippen LogP contribution in [-0.2, 0) is 11.3 Å². The predicted molar refractivity (Wildman–Crippen MR) is 71.6 cm³/mol. The number of halogens is 1. The molecule has 1 heterocycles. The summed E-state index contributed by atoms with van der Waals surface area (Å²) in [5, 5.41) is 25.3. The monoisotopic (exact) mass is 291 g/mol. The molecule has 8 heteroatoms. The van der Waals surface area contributed by atoms with E-state index in [-0.39, 0.29) is 11.6 Å². The Labute approximate surface area is 115 Å². The lowest BCUT2D eigenvalue weighted by Crippen LogP contribution is -2.37. The second-order valence-electron chi connectivity index (χ2n) is 4.40. The van der Waals surface area contributed by atoms with Gasteiger partial charge in [0.15, 0.2) is 0 Å². The number of ether oxygens (including phenoxy) is 1. The Bertz CT molecular complexity index is 475. The number of anilines is 1. The van der Waals surface area contributed by atoms with E-state index in [1.165, 1.54) is 24.9 Å². The van der Waals surface area contributed by atoms with Crippen molar-refractivity contribution in [3.8, 4) is 0 Å². The van der Waals surface area contributed by atoms with Crippen LogP contribution < -0.4 is 10.9 Å². The van der Waals surface area contributed by atoms with Crippen molar-refractivity contribution < 1.29 is 14.9 Å². The summed E-state index contributed by atoms with van der Waals surface area (Å²) in [5.41, 5.74) is -1.42. The zero-order chi connectivity index (χ0) is 14.5. The number of nitrogens with zero attached hydrogens (tertiary/aromatic N) is 2. The van der Waals surface area contributed by atoms with Gasteiger partial charge in [0, 0.05) is 13.7 Å². The Morgan fingerprint density at radius 3 is 2.89 bits per heavy atom. The molecule has 1 unspecified atom stereocenters. The fourth-order valence-electron chi connectivity index (χ4n) is 1.27. The summed E-state index contributed by atoms with van der Waals surface area (Å²) >= 11 is 5.93. The third kappa shape index (κ3) is 4.46. The lowest BCUT2D eigenvalue weighted by molar-refractivity contribution is 0.0132. The molecule has 0 bridgehead atoms. The number of nitrogens with one attached hydrogen (secondary N) is 1. The van der Waals surface area contributed by atoms with Gasteiger partial charge in [-0.15, -0.1) is 0 Å². The minimum atomic E-state index is -1.30. The molecule has 3 N–H and O–H groups in total. The fraction of sp³-hybridized carbons (Fsp3) is 0.636. The lowest BCUT2D eigenvalue weighted by atomic mass is 10.1. The average molecular weight is 292 g/mol. The highest BCUT2D eigenvalue weighted by molar-refractivity contribution is 6.32. The van der Waals surface area contributed by atoms with Crippen LogP contribution in [0.2, 0.25) is 5.02 Å². The number of aliphatic hydroxyl groups is 2. The highest BCUT2D eigenvalue weighted by Gasteiger charge is 2.19. The Balaban J connectivity index is 2.82. The molecule has 0 fully saturated rings. The Kier molecular flexibility index (Phi) is 5.74. The SMILES string of the molecule is COCCn1ncc(NCC(C)(O)CO)c(Cl)c1=O. The molecular weight excluding hydrogens is 274 g/mol. The van der Waals surface area contributed by atoms with E-state index in [9.17, 15) is 9.90 Å². The van der Waals surface area contributed by atoms with Crippen LogP contribution in [0.25, 0.3) is 0 Å². The molecule has 7 nitrogen and oxygen atoms in total. The number of rotatable bonds is 7. The molecule has 0 radical (unpaired) electrons. The van der Waals surface area contributed by atoms with Crippen molar-refractivity contribution in [1.82, 2.24) is 9.78 Å². The van der Waals surface area contributed by atoms with Gasteiger partial charge in [0.2, 0.25) is 0 Å².